The SMILES string of the molecule is CC(C)c1ccnc(C2(c3[c-]c(-c4cccc5c4nc(-c4cc(-c6ccccc6)cc6c4[n-]c4ccccc46)n5-c4ccc(C(C)C)c(C(C)C)c4)cc(C(C)(C)C)c3)c3ccccc3-c3ccccc32)c1.[Pt+2]. The summed E-state index contributed by atoms with van der Waals surface area (Å²) in [7, 11) is 0. The van der Waals surface area contributed by atoms with Crippen molar-refractivity contribution in [3.8, 4) is 50.5 Å². The third kappa shape index (κ3) is 7.84. The van der Waals surface area contributed by atoms with E-state index in [2.05, 4.69) is 249 Å². The van der Waals surface area contributed by atoms with Crippen LogP contribution >= 0.6 is 0 Å². The smallest absolute Gasteiger partial charge is 0.656 e. The van der Waals surface area contributed by atoms with E-state index in [0.29, 0.717) is 17.8 Å². The van der Waals surface area contributed by atoms with Crippen molar-refractivity contribution in [2.45, 2.75) is 90.9 Å². The van der Waals surface area contributed by atoms with Gasteiger partial charge in [-0.25, -0.2) is 4.98 Å². The summed E-state index contributed by atoms with van der Waals surface area (Å²) in [4.78, 5) is 16.7. The molecule has 12 rings (SSSR count). The van der Waals surface area contributed by atoms with Crippen LogP contribution in [0.3, 0.4) is 0 Å². The van der Waals surface area contributed by atoms with E-state index in [1.165, 1.54) is 44.5 Å². The van der Waals surface area contributed by atoms with Crippen LogP contribution in [0, 0.1) is 6.07 Å². The van der Waals surface area contributed by atoms with E-state index in [4.69, 9.17) is 15.0 Å². The Bertz CT molecular complexity index is 3850. The molecule has 0 aliphatic heterocycles. The van der Waals surface area contributed by atoms with Gasteiger partial charge in [-0.1, -0.05) is 189 Å². The summed E-state index contributed by atoms with van der Waals surface area (Å²) in [6, 6.07) is 69.0. The number of hydrogen-bond donors (Lipinski definition) is 0. The number of aromatic nitrogens is 4. The van der Waals surface area contributed by atoms with Crippen LogP contribution in [0.2, 0.25) is 0 Å². The van der Waals surface area contributed by atoms with E-state index in [1.54, 1.807) is 0 Å². The summed E-state index contributed by atoms with van der Waals surface area (Å²) in [6.45, 7) is 20.7. The topological polar surface area (TPSA) is 44.8 Å². The van der Waals surface area contributed by atoms with Gasteiger partial charge in [-0.15, -0.1) is 45.9 Å². The quantitative estimate of drug-likeness (QED) is 0.135. The molecule has 0 bridgehead atoms. The van der Waals surface area contributed by atoms with E-state index >= 15 is 0 Å². The molecule has 0 amide bonds. The maximum absolute atomic E-state index is 5.91. The Hall–Kier alpha value is -7.13. The molecule has 0 unspecified atom stereocenters. The standard InChI is InChI=1S/C68H60N4.Pt/c1-41(2)45-32-33-69-63(38-45)68(59-26-16-13-22-53(59)54-23-14-17-27-60(54)68)49-35-47(34-48(39-49)67(7,8)9)52-25-19-29-62-65(52)71-66(72(62)50-30-31-51(42(3)4)56(40-50)43(5)6)58-37-46(44-20-11-10-12-21-44)36-57-55-24-15-18-28-61(55)70-64(57)58;/h10-34,36-43H,1-9H3;/q-2;+2. The Labute approximate surface area is 444 Å². The number of rotatable bonds is 9. The van der Waals surface area contributed by atoms with Crippen molar-refractivity contribution >= 4 is 32.8 Å². The molecule has 0 fully saturated rings. The molecule has 0 spiro atoms. The second-order valence-corrected chi connectivity index (χ2v) is 21.9. The first-order valence-electron chi connectivity index (χ1n) is 25.8. The fourth-order valence-corrected chi connectivity index (χ4v) is 11.6. The summed E-state index contributed by atoms with van der Waals surface area (Å²) in [5.74, 6) is 1.89. The molecule has 73 heavy (non-hydrogen) atoms. The van der Waals surface area contributed by atoms with Gasteiger partial charge in [0.05, 0.1) is 22.1 Å². The van der Waals surface area contributed by atoms with Crippen LogP contribution < -0.4 is 4.98 Å². The van der Waals surface area contributed by atoms with Crippen LogP contribution in [0.25, 0.3) is 83.3 Å². The first-order chi connectivity index (χ1) is 34.8. The minimum atomic E-state index is -0.743. The van der Waals surface area contributed by atoms with Crippen LogP contribution in [-0.2, 0) is 31.9 Å². The first-order valence-corrected chi connectivity index (χ1v) is 25.8. The molecule has 4 nitrogen and oxygen atoms in total. The number of benzene rings is 8. The molecule has 0 saturated heterocycles. The first kappa shape index (κ1) is 48.2. The van der Waals surface area contributed by atoms with E-state index in [0.717, 1.165) is 83.4 Å². The second-order valence-electron chi connectivity index (χ2n) is 21.9. The average molecular weight is 1130 g/mol. The van der Waals surface area contributed by atoms with Gasteiger partial charge in [-0.05, 0) is 126 Å². The minimum absolute atomic E-state index is 0. The van der Waals surface area contributed by atoms with Gasteiger partial charge in [-0.3, -0.25) is 9.55 Å². The van der Waals surface area contributed by atoms with Gasteiger partial charge in [0.15, 0.2) is 0 Å². The summed E-state index contributed by atoms with van der Waals surface area (Å²) in [5, 5.41) is 2.25. The summed E-state index contributed by atoms with van der Waals surface area (Å²) < 4.78 is 2.40. The zero-order valence-corrected chi connectivity index (χ0v) is 45.4. The van der Waals surface area contributed by atoms with E-state index in [1.807, 2.05) is 6.20 Å². The molecule has 1 aliphatic rings. The number of nitrogens with zero attached hydrogens (tertiary/aromatic N) is 4. The van der Waals surface area contributed by atoms with Gasteiger partial charge in [0, 0.05) is 17.4 Å². The third-order valence-electron chi connectivity index (χ3n) is 15.4. The summed E-state index contributed by atoms with van der Waals surface area (Å²) in [5.41, 5.74) is 21.5. The van der Waals surface area contributed by atoms with Gasteiger partial charge in [0.1, 0.15) is 5.82 Å². The van der Waals surface area contributed by atoms with Gasteiger partial charge in [-0.2, -0.15) is 0 Å². The summed E-state index contributed by atoms with van der Waals surface area (Å²) >= 11 is 0. The van der Waals surface area contributed by atoms with E-state index in [9.17, 15) is 0 Å². The van der Waals surface area contributed by atoms with Crippen LogP contribution in [0.1, 0.15) is 125 Å². The molecule has 0 radical (unpaired) electrons. The van der Waals surface area contributed by atoms with Crippen LogP contribution in [0.4, 0.5) is 0 Å². The van der Waals surface area contributed by atoms with E-state index in [-0.39, 0.29) is 26.5 Å². The number of fused-ring (bicyclic) bond motifs is 7. The van der Waals surface area contributed by atoms with Gasteiger partial charge >= 0.3 is 21.1 Å². The molecule has 3 heterocycles. The average Bonchev–Trinajstić information content (AvgIpc) is 4.07. The van der Waals surface area contributed by atoms with Crippen molar-refractivity contribution in [2.24, 2.45) is 0 Å². The molecule has 0 saturated carbocycles. The molecule has 8 aromatic carbocycles. The maximum atomic E-state index is 5.91. The molecule has 362 valence electrons. The van der Waals surface area contributed by atoms with Crippen molar-refractivity contribution in [3.63, 3.8) is 0 Å². The third-order valence-corrected chi connectivity index (χ3v) is 15.4. The van der Waals surface area contributed by atoms with Crippen molar-refractivity contribution in [1.82, 2.24) is 19.5 Å². The monoisotopic (exact) mass is 1130 g/mol. The molecule has 0 atom stereocenters. The predicted octanol–water partition coefficient (Wildman–Crippen LogP) is 17.5. The van der Waals surface area contributed by atoms with Crippen molar-refractivity contribution in [2.75, 3.05) is 0 Å². The van der Waals surface area contributed by atoms with Crippen molar-refractivity contribution in [3.05, 3.63) is 233 Å². The normalized spacial score (nSPS) is 13.1. The van der Waals surface area contributed by atoms with Crippen LogP contribution in [0.15, 0.2) is 182 Å². The number of hydrogen-bond acceptors (Lipinski definition) is 2. The molecule has 0 N–H and O–H groups in total. The van der Waals surface area contributed by atoms with Gasteiger partial charge < -0.3 is 4.98 Å². The second kappa shape index (κ2) is 18.4. The largest absolute Gasteiger partial charge is 2.00 e. The van der Waals surface area contributed by atoms with E-state index < -0.39 is 5.41 Å². The fraction of sp³-hybridized carbons (Fsp3) is 0.206. The maximum Gasteiger partial charge on any atom is 2.00 e. The molecule has 3 aromatic heterocycles. The molecular weight excluding hydrogens is 1070 g/mol. The summed E-state index contributed by atoms with van der Waals surface area (Å²) in [6.07, 6.45) is 2.01. The Kier molecular flexibility index (Phi) is 12.1. The molecule has 11 aromatic rings. The van der Waals surface area contributed by atoms with Crippen molar-refractivity contribution < 1.29 is 21.1 Å². The Morgan fingerprint density at radius 1 is 0.562 bits per heavy atom. The number of imidazole rings is 1. The number of pyridine rings is 1. The number of para-hydroxylation sites is 2. The van der Waals surface area contributed by atoms with Gasteiger partial charge in [0.25, 0.3) is 0 Å². The Balaban J connectivity index is 0.00000574. The zero-order chi connectivity index (χ0) is 49.6. The van der Waals surface area contributed by atoms with Crippen LogP contribution in [-0.4, -0.2) is 14.5 Å². The Morgan fingerprint density at radius 2 is 1.23 bits per heavy atom. The molecular formula is C68H60N4Pt. The Morgan fingerprint density at radius 3 is 1.93 bits per heavy atom. The molecule has 5 heteroatoms. The van der Waals surface area contributed by atoms with Crippen LogP contribution in [0.5, 0.6) is 0 Å². The van der Waals surface area contributed by atoms with Gasteiger partial charge in [0.2, 0.25) is 0 Å². The minimum Gasteiger partial charge on any atom is -0.656 e. The molecule has 1 aliphatic carbocycles. The van der Waals surface area contributed by atoms with Crippen molar-refractivity contribution in [1.29, 1.82) is 0 Å². The predicted molar refractivity (Wildman–Crippen MR) is 301 cm³/mol. The fourth-order valence-electron chi connectivity index (χ4n) is 11.6. The zero-order valence-electron chi connectivity index (χ0n) is 43.2.